The number of aromatic amines is 1. The summed E-state index contributed by atoms with van der Waals surface area (Å²) in [5, 5.41) is 24.9. The van der Waals surface area contributed by atoms with E-state index in [1.807, 2.05) is 13.8 Å². The van der Waals surface area contributed by atoms with E-state index in [-0.39, 0.29) is 35.9 Å². The van der Waals surface area contributed by atoms with Crippen LogP contribution in [0, 0.1) is 11.8 Å². The van der Waals surface area contributed by atoms with Gasteiger partial charge in [0.15, 0.2) is 25.5 Å². The molecule has 4 N–H and O–H groups in total. The number of ether oxygens (including phenoxy) is 2. The Balaban J connectivity index is 0.000000290. The van der Waals surface area contributed by atoms with Crippen molar-refractivity contribution < 1.29 is 45.5 Å². The summed E-state index contributed by atoms with van der Waals surface area (Å²) in [6.45, 7) is 14.2. The van der Waals surface area contributed by atoms with Gasteiger partial charge >= 0.3 is 0 Å². The van der Waals surface area contributed by atoms with Crippen molar-refractivity contribution in [2.75, 3.05) is 49.1 Å². The van der Waals surface area contributed by atoms with Gasteiger partial charge in [-0.25, -0.2) is 16.8 Å². The largest absolute Gasteiger partial charge is 0.497 e. The van der Waals surface area contributed by atoms with Crippen LogP contribution >= 0.6 is 0 Å². The fraction of sp³-hybridized carbons (Fsp3) is 0.639. The second kappa shape index (κ2) is 18.2. The molecule has 16 nitrogen and oxygen atoms in total. The van der Waals surface area contributed by atoms with Gasteiger partial charge in [-0.1, -0.05) is 32.9 Å². The van der Waals surface area contributed by atoms with Crippen molar-refractivity contribution >= 4 is 43.3 Å². The molecule has 0 radical (unpaired) electrons. The van der Waals surface area contributed by atoms with Crippen molar-refractivity contribution in [2.45, 2.75) is 96.0 Å². The Morgan fingerprint density at radius 2 is 1.52 bits per heavy atom. The number of carbonyl (C=O) groups is 2. The zero-order valence-corrected chi connectivity index (χ0v) is 34.3. The van der Waals surface area contributed by atoms with Crippen LogP contribution in [0.3, 0.4) is 0 Å². The highest BCUT2D eigenvalue weighted by molar-refractivity contribution is 7.93. The van der Waals surface area contributed by atoms with Gasteiger partial charge in [-0.05, 0) is 89.5 Å². The van der Waals surface area contributed by atoms with Crippen LogP contribution in [0.5, 0.6) is 5.75 Å². The number of hydrogen-bond acceptors (Lipinski definition) is 13. The summed E-state index contributed by atoms with van der Waals surface area (Å²) in [7, 11) is -5.70. The average Bonchev–Trinajstić information content (AvgIpc) is 3.81. The summed E-state index contributed by atoms with van der Waals surface area (Å²) in [5.74, 6) is 0.373. The molecule has 302 valence electrons. The van der Waals surface area contributed by atoms with Gasteiger partial charge in [-0.2, -0.15) is 4.98 Å². The summed E-state index contributed by atoms with van der Waals surface area (Å²) >= 11 is 0. The van der Waals surface area contributed by atoms with Gasteiger partial charge in [0.2, 0.25) is 23.6 Å². The molecule has 0 bridgehead atoms. The van der Waals surface area contributed by atoms with Crippen LogP contribution in [-0.2, 0) is 39.4 Å². The summed E-state index contributed by atoms with van der Waals surface area (Å²) in [6, 6.07) is 8.65. The van der Waals surface area contributed by atoms with E-state index in [0.717, 1.165) is 18.4 Å². The number of aliphatic hydroxyl groups is 1. The summed E-state index contributed by atoms with van der Waals surface area (Å²) in [6.07, 6.45) is 2.73. The molecular weight excluding hydrogens is 741 g/mol. The molecule has 1 aliphatic heterocycles. The Hall–Kier alpha value is -3.87. The van der Waals surface area contributed by atoms with E-state index in [4.69, 9.17) is 14.0 Å². The molecule has 0 aliphatic carbocycles. The predicted molar refractivity (Wildman–Crippen MR) is 206 cm³/mol. The van der Waals surface area contributed by atoms with Gasteiger partial charge in [-0.15, -0.1) is 5.10 Å². The summed E-state index contributed by atoms with van der Waals surface area (Å²) in [5.41, 5.74) is 0.603. The van der Waals surface area contributed by atoms with E-state index in [2.05, 4.69) is 31.0 Å². The number of amides is 2. The van der Waals surface area contributed by atoms with Crippen molar-refractivity contribution in [2.24, 2.45) is 11.8 Å². The summed E-state index contributed by atoms with van der Waals surface area (Å²) in [4.78, 5) is 29.4. The second-order valence-corrected chi connectivity index (χ2v) is 20.8. The molecule has 1 aliphatic rings. The standard InChI is InChI=1S/C18H26N4O4S.C18H30N2O6S/c1-12(2)10-11-27(24,25)18(3,4)16(23)20-17-19-15(21-22-17)13-6-8-14(26-5)9-7-13;1-17(2,12-21)14-11-15(26-20-14)19-16(22)18(3,4)27(23,24)10-7-13-5-8-25-9-6-13/h6-9,12H,10-11H2,1-5H3,(H2,19,20,21,22,23);11,13,21H,5-10,12H2,1-4H3,(H,19,22). The van der Waals surface area contributed by atoms with Crippen LogP contribution in [0.2, 0.25) is 0 Å². The Kier molecular flexibility index (Phi) is 15.0. The van der Waals surface area contributed by atoms with Gasteiger partial charge < -0.3 is 19.1 Å². The Labute approximate surface area is 318 Å². The number of aliphatic hydroxyl groups excluding tert-OH is 1. The molecule has 0 saturated carbocycles. The number of aromatic nitrogens is 4. The molecule has 18 heteroatoms. The van der Waals surface area contributed by atoms with Crippen molar-refractivity contribution in [1.29, 1.82) is 0 Å². The molecular formula is C36H56N6O10S2. The van der Waals surface area contributed by atoms with Crippen molar-refractivity contribution in [3.8, 4) is 17.1 Å². The Morgan fingerprint density at radius 3 is 2.07 bits per heavy atom. The van der Waals surface area contributed by atoms with Crippen LogP contribution in [-0.4, -0.2) is 102 Å². The molecule has 1 fully saturated rings. The molecule has 0 spiro atoms. The molecule has 0 atom stereocenters. The monoisotopic (exact) mass is 796 g/mol. The van der Waals surface area contributed by atoms with Gasteiger partial charge in [0.1, 0.15) is 15.2 Å². The van der Waals surface area contributed by atoms with E-state index >= 15 is 0 Å². The molecule has 3 heterocycles. The lowest BCUT2D eigenvalue weighted by atomic mass is 9.91. The fourth-order valence-electron chi connectivity index (χ4n) is 4.98. The number of carbonyl (C=O) groups excluding carboxylic acids is 2. The van der Waals surface area contributed by atoms with Crippen LogP contribution < -0.4 is 15.4 Å². The molecule has 0 unspecified atom stereocenters. The van der Waals surface area contributed by atoms with Gasteiger partial charge in [0, 0.05) is 30.3 Å². The van der Waals surface area contributed by atoms with Crippen LogP contribution in [0.1, 0.15) is 86.8 Å². The molecule has 2 aromatic heterocycles. The highest BCUT2D eigenvalue weighted by Gasteiger charge is 2.43. The third kappa shape index (κ3) is 11.3. The van der Waals surface area contributed by atoms with Crippen LogP contribution in [0.25, 0.3) is 11.4 Å². The number of H-pyrrole nitrogens is 1. The number of methoxy groups -OCH3 is 1. The lowest BCUT2D eigenvalue weighted by molar-refractivity contribution is -0.118. The van der Waals surface area contributed by atoms with E-state index < -0.39 is 46.4 Å². The fourth-order valence-corrected chi connectivity index (χ4v) is 8.10. The molecule has 3 aromatic rings. The third-order valence-electron chi connectivity index (χ3n) is 9.66. The Bertz CT molecular complexity index is 1910. The minimum absolute atomic E-state index is 0.0259. The molecule has 2 amide bonds. The zero-order valence-electron chi connectivity index (χ0n) is 32.7. The van der Waals surface area contributed by atoms with Crippen molar-refractivity contribution in [3.05, 3.63) is 36.0 Å². The van der Waals surface area contributed by atoms with Crippen molar-refractivity contribution in [1.82, 2.24) is 20.3 Å². The molecule has 4 rings (SSSR count). The first kappa shape index (κ1) is 44.5. The first-order chi connectivity index (χ1) is 25.1. The number of benzene rings is 1. The number of anilines is 2. The van der Waals surface area contributed by atoms with E-state index in [9.17, 15) is 31.5 Å². The first-order valence-corrected chi connectivity index (χ1v) is 21.2. The zero-order chi connectivity index (χ0) is 40.5. The number of sulfone groups is 2. The predicted octanol–water partition coefficient (Wildman–Crippen LogP) is 4.55. The van der Waals surface area contributed by atoms with E-state index in [1.54, 1.807) is 45.2 Å². The Morgan fingerprint density at radius 1 is 0.944 bits per heavy atom. The lowest BCUT2D eigenvalue weighted by Gasteiger charge is -2.26. The average molecular weight is 797 g/mol. The highest BCUT2D eigenvalue weighted by Crippen LogP contribution is 2.28. The smallest absolute Gasteiger partial charge is 0.249 e. The molecule has 1 aromatic carbocycles. The highest BCUT2D eigenvalue weighted by atomic mass is 32.2. The van der Waals surface area contributed by atoms with Gasteiger partial charge in [-0.3, -0.25) is 25.3 Å². The van der Waals surface area contributed by atoms with Crippen LogP contribution in [0.15, 0.2) is 34.9 Å². The number of rotatable bonds is 16. The van der Waals surface area contributed by atoms with E-state index in [0.29, 0.717) is 49.2 Å². The normalized spacial score (nSPS) is 14.6. The van der Waals surface area contributed by atoms with Crippen molar-refractivity contribution in [3.63, 3.8) is 0 Å². The van der Waals surface area contributed by atoms with Gasteiger partial charge in [0.05, 0.1) is 30.9 Å². The quantitative estimate of drug-likeness (QED) is 0.156. The maximum Gasteiger partial charge on any atom is 0.249 e. The van der Waals surface area contributed by atoms with Gasteiger partial charge in [0.25, 0.3) is 0 Å². The number of nitrogens with zero attached hydrogens (tertiary/aromatic N) is 3. The minimum Gasteiger partial charge on any atom is -0.497 e. The SMILES string of the molecule is CC(C)(CO)c1cc(NC(=O)C(C)(C)S(=O)(=O)CCC2CCOCC2)on1.COc1ccc(-c2nc(NC(=O)C(C)(C)S(=O)(=O)CCC(C)C)n[nH]2)cc1. The first-order valence-electron chi connectivity index (χ1n) is 17.9. The lowest BCUT2D eigenvalue weighted by Crippen LogP contribution is -2.46. The maximum absolute atomic E-state index is 12.8. The molecule has 1 saturated heterocycles. The topological polar surface area (TPSA) is 233 Å². The number of hydrogen-bond donors (Lipinski definition) is 4. The van der Waals surface area contributed by atoms with E-state index in [1.165, 1.54) is 33.8 Å². The second-order valence-electron chi connectivity index (χ2n) is 15.4. The molecule has 54 heavy (non-hydrogen) atoms. The third-order valence-corrected chi connectivity index (χ3v) is 14.7. The number of nitrogens with one attached hydrogen (secondary N) is 3. The van der Waals surface area contributed by atoms with Crippen LogP contribution in [0.4, 0.5) is 11.8 Å². The maximum atomic E-state index is 12.8. The minimum atomic E-state index is -3.66. The summed E-state index contributed by atoms with van der Waals surface area (Å²) < 4.78 is 62.9.